The third-order valence-corrected chi connectivity index (χ3v) is 14.3. The number of sulfonamides is 1. The summed E-state index contributed by atoms with van der Waals surface area (Å²) in [6, 6.07) is 13.0. The predicted octanol–water partition coefficient (Wildman–Crippen LogP) is 5.06. The Labute approximate surface area is 396 Å². The highest BCUT2D eigenvalue weighted by atomic mass is 35.7. The number of benzene rings is 2. The molecule has 2 aromatic carbocycles. The third-order valence-electron chi connectivity index (χ3n) is 11.7. The van der Waals surface area contributed by atoms with Crippen LogP contribution in [0.5, 0.6) is 11.5 Å². The van der Waals surface area contributed by atoms with Crippen molar-refractivity contribution in [3.63, 3.8) is 0 Å². The molecule has 0 unspecified atom stereocenters. The number of amides is 2. The molecule has 2 saturated heterocycles. The SMILES string of the molecule is CC(C)(CCCN)CN(C[C@@H](O)[C@H](Cc1ccccc1)NC(=O)O[C@H]1CO[C@H]2OCC[C@H]21)S(=O)(=O)c1ccc2c(c1)OCCO2.CC(C)C(C)(C)CCCNC(=O)S(C)(=O)=O.CS(=O)(=O)Cl. The molecule has 0 aromatic heterocycles. The van der Waals surface area contributed by atoms with E-state index in [1.807, 2.05) is 44.2 Å². The lowest BCUT2D eigenvalue weighted by Crippen LogP contribution is -2.52. The molecule has 0 radical (unpaired) electrons. The number of aliphatic hydroxyl groups excluding tert-OH is 1. The van der Waals surface area contributed by atoms with Crippen LogP contribution in [0.25, 0.3) is 0 Å². The Morgan fingerprint density at radius 2 is 1.56 bits per heavy atom. The Kier molecular flexibility index (Phi) is 21.9. The van der Waals surface area contributed by atoms with Crippen LogP contribution in [0.2, 0.25) is 0 Å². The van der Waals surface area contributed by atoms with Crippen LogP contribution in [-0.2, 0) is 49.5 Å². The molecule has 0 spiro atoms. The van der Waals surface area contributed by atoms with E-state index in [-0.39, 0.29) is 48.6 Å². The molecule has 0 aliphatic carbocycles. The maximum Gasteiger partial charge on any atom is 0.407 e. The molecule has 22 heteroatoms. The van der Waals surface area contributed by atoms with Crippen LogP contribution in [-0.4, -0.2) is 136 Å². The standard InChI is InChI=1S/C32H45N3O9S.C11H23NO3S.CH3ClO2S/c1-32(2,12-6-13-33)21-35(45(38,39)23-9-10-27-28(18-23)41-16-15-40-27)19-26(36)25(17-22-7-4-3-5-8-22)34-31(37)44-29-20-43-30-24(29)11-14-42-30;1-9(2)11(3,4)7-6-8-12-10(13)16(5,14)15;1-5(2,3)4/h3-5,7-10,18,24-26,29-30,36H,6,11-17,19-21,33H2,1-2H3,(H,34,37);9H,6-8H2,1-5H3,(H,12,13);1H3/t24-,25-,26+,29-,30+;;/m0../s1. The Hall–Kier alpha value is -3.28. The van der Waals surface area contributed by atoms with Crippen LogP contribution in [0.3, 0.4) is 0 Å². The van der Waals surface area contributed by atoms with Gasteiger partial charge in [-0.3, -0.25) is 4.79 Å². The van der Waals surface area contributed by atoms with Crippen molar-refractivity contribution in [1.82, 2.24) is 14.9 Å². The van der Waals surface area contributed by atoms with Gasteiger partial charge in [0.05, 0.1) is 42.4 Å². The number of hydrogen-bond donors (Lipinski definition) is 4. The molecule has 5 N–H and O–H groups in total. The van der Waals surface area contributed by atoms with E-state index in [0.717, 1.165) is 43.8 Å². The highest BCUT2D eigenvalue weighted by molar-refractivity contribution is 8.13. The number of aliphatic hydroxyl groups is 1. The number of nitrogens with one attached hydrogen (secondary N) is 2. The van der Waals surface area contributed by atoms with E-state index in [1.54, 1.807) is 6.07 Å². The third kappa shape index (κ3) is 19.4. The van der Waals surface area contributed by atoms with Gasteiger partial charge in [-0.2, -0.15) is 4.31 Å². The van der Waals surface area contributed by atoms with E-state index in [0.29, 0.717) is 56.7 Å². The summed E-state index contributed by atoms with van der Waals surface area (Å²) in [6.07, 6.45) is 3.15. The summed E-state index contributed by atoms with van der Waals surface area (Å²) in [4.78, 5) is 24.2. The van der Waals surface area contributed by atoms with Gasteiger partial charge in [0, 0.05) is 42.6 Å². The average molecular weight is 1010 g/mol. The summed E-state index contributed by atoms with van der Waals surface area (Å²) in [5, 5.41) is 16.0. The number of alkyl carbamates (subject to hydrolysis) is 1. The minimum Gasteiger partial charge on any atom is -0.486 e. The number of nitrogens with zero attached hydrogens (tertiary/aromatic N) is 1. The fourth-order valence-corrected chi connectivity index (χ4v) is 9.26. The summed E-state index contributed by atoms with van der Waals surface area (Å²) >= 11 is 0. The molecular formula is C44H71ClN4O14S3. The van der Waals surface area contributed by atoms with Crippen molar-refractivity contribution >= 4 is 50.9 Å². The number of sulfone groups is 1. The second kappa shape index (κ2) is 25.4. The lowest BCUT2D eigenvalue weighted by molar-refractivity contribution is -0.0907. The first-order chi connectivity index (χ1) is 30.6. The van der Waals surface area contributed by atoms with Gasteiger partial charge >= 0.3 is 11.3 Å². The number of carbonyl (C=O) groups excluding carboxylic acids is 2. The largest absolute Gasteiger partial charge is 0.486 e. The van der Waals surface area contributed by atoms with Crippen molar-refractivity contribution in [3.05, 3.63) is 54.1 Å². The first kappa shape index (κ1) is 57.0. The van der Waals surface area contributed by atoms with Gasteiger partial charge in [0.2, 0.25) is 28.9 Å². The predicted molar refractivity (Wildman–Crippen MR) is 252 cm³/mol. The number of carbonyl (C=O) groups is 2. The maximum atomic E-state index is 14.2. The molecule has 5 rings (SSSR count). The van der Waals surface area contributed by atoms with Crippen LogP contribution in [0.15, 0.2) is 53.4 Å². The second-order valence-corrected chi connectivity index (χ2v) is 25.4. The number of ether oxygens (including phenoxy) is 5. The van der Waals surface area contributed by atoms with Crippen LogP contribution >= 0.6 is 10.7 Å². The molecule has 66 heavy (non-hydrogen) atoms. The number of nitrogens with two attached hydrogens (primary N) is 1. The Bertz CT molecular complexity index is 2190. The van der Waals surface area contributed by atoms with E-state index < -0.39 is 63.9 Å². The molecule has 2 amide bonds. The second-order valence-electron chi connectivity index (χ2n) is 18.6. The maximum absolute atomic E-state index is 14.2. The van der Waals surface area contributed by atoms with Gasteiger partial charge < -0.3 is 45.2 Å². The monoisotopic (exact) mass is 1010 g/mol. The van der Waals surface area contributed by atoms with Crippen molar-refractivity contribution in [3.8, 4) is 11.5 Å². The zero-order chi connectivity index (χ0) is 49.5. The Morgan fingerprint density at radius 1 is 0.924 bits per heavy atom. The van der Waals surface area contributed by atoms with Gasteiger partial charge in [-0.05, 0) is 79.5 Å². The van der Waals surface area contributed by atoms with Crippen molar-refractivity contribution < 1.29 is 63.6 Å². The first-order valence-electron chi connectivity index (χ1n) is 22.0. The topological polar surface area (TPSA) is 256 Å². The molecule has 5 atom stereocenters. The van der Waals surface area contributed by atoms with Crippen LogP contribution < -0.4 is 25.8 Å². The quantitative estimate of drug-likeness (QED) is 0.106. The smallest absolute Gasteiger partial charge is 0.407 e. The summed E-state index contributed by atoms with van der Waals surface area (Å²) in [6.45, 7) is 14.8. The molecule has 3 heterocycles. The number of fused-ring (bicyclic) bond motifs is 2. The van der Waals surface area contributed by atoms with Gasteiger partial charge in [0.1, 0.15) is 19.3 Å². The van der Waals surface area contributed by atoms with Crippen LogP contribution in [0.4, 0.5) is 9.59 Å². The molecule has 0 saturated carbocycles. The number of halogens is 1. The van der Waals surface area contributed by atoms with Gasteiger partial charge in [-0.1, -0.05) is 71.9 Å². The lowest BCUT2D eigenvalue weighted by atomic mass is 9.77. The van der Waals surface area contributed by atoms with E-state index in [4.69, 9.17) is 29.4 Å². The fourth-order valence-electron chi connectivity index (χ4n) is 7.23. The van der Waals surface area contributed by atoms with E-state index in [2.05, 4.69) is 49.0 Å². The van der Waals surface area contributed by atoms with Crippen LogP contribution in [0, 0.1) is 22.7 Å². The highest BCUT2D eigenvalue weighted by Crippen LogP contribution is 2.36. The van der Waals surface area contributed by atoms with Gasteiger partial charge in [-0.15, -0.1) is 0 Å². The van der Waals surface area contributed by atoms with Gasteiger partial charge in [0.25, 0.3) is 0 Å². The molecule has 3 aliphatic rings. The van der Waals surface area contributed by atoms with Crippen molar-refractivity contribution in [2.24, 2.45) is 28.4 Å². The molecule has 2 fully saturated rings. The minimum absolute atomic E-state index is 0.0233. The fraction of sp³-hybridized carbons (Fsp3) is 0.682. The zero-order valence-electron chi connectivity index (χ0n) is 39.4. The molecule has 3 aliphatic heterocycles. The summed E-state index contributed by atoms with van der Waals surface area (Å²) in [5.41, 5.74) is 6.39. The van der Waals surface area contributed by atoms with Gasteiger partial charge in [0.15, 0.2) is 17.8 Å². The first-order valence-corrected chi connectivity index (χ1v) is 28.1. The summed E-state index contributed by atoms with van der Waals surface area (Å²) in [5.74, 6) is 1.35. The zero-order valence-corrected chi connectivity index (χ0v) is 42.6. The molecule has 2 aromatic rings. The van der Waals surface area contributed by atoms with Crippen LogP contribution in [0.1, 0.15) is 79.2 Å². The van der Waals surface area contributed by atoms with E-state index in [1.165, 1.54) is 16.4 Å². The highest BCUT2D eigenvalue weighted by Gasteiger charge is 2.44. The normalized spacial score (nSPS) is 19.4. The minimum atomic E-state index is -4.12. The average Bonchev–Trinajstić information content (AvgIpc) is 3.85. The van der Waals surface area contributed by atoms with Gasteiger partial charge in [-0.25, -0.2) is 30.0 Å². The summed E-state index contributed by atoms with van der Waals surface area (Å²) < 4.78 is 98.2. The molecular weight excluding hydrogens is 940 g/mol. The van der Waals surface area contributed by atoms with E-state index >= 15 is 0 Å². The molecule has 376 valence electrons. The summed E-state index contributed by atoms with van der Waals surface area (Å²) in [7, 11) is -6.40. The van der Waals surface area contributed by atoms with Crippen molar-refractivity contribution in [2.45, 2.75) is 110 Å². The van der Waals surface area contributed by atoms with Crippen molar-refractivity contribution in [2.75, 3.05) is 65.1 Å². The Morgan fingerprint density at radius 3 is 2.17 bits per heavy atom. The van der Waals surface area contributed by atoms with Crippen molar-refractivity contribution in [1.29, 1.82) is 0 Å². The lowest BCUT2D eigenvalue weighted by Gasteiger charge is -2.35. The number of rotatable bonds is 19. The molecule has 18 nitrogen and oxygen atoms in total. The molecule has 0 bridgehead atoms. The Balaban J connectivity index is 0.000000459. The van der Waals surface area contributed by atoms with E-state index in [9.17, 15) is 39.9 Å². The number of hydrogen-bond acceptors (Lipinski definition) is 15.